The van der Waals surface area contributed by atoms with E-state index in [4.69, 9.17) is 5.11 Å². The Kier molecular flexibility index (Phi) is 4.83. The van der Waals surface area contributed by atoms with Crippen molar-refractivity contribution in [2.45, 2.75) is 63.8 Å². The number of nitrogens with zero attached hydrogens (tertiary/aromatic N) is 1. The van der Waals surface area contributed by atoms with E-state index in [1.54, 1.807) is 0 Å². The van der Waals surface area contributed by atoms with Gasteiger partial charge >= 0.3 is 5.97 Å². The zero-order valence-electron chi connectivity index (χ0n) is 11.8. The van der Waals surface area contributed by atoms with Gasteiger partial charge in [-0.25, -0.2) is 0 Å². The van der Waals surface area contributed by atoms with E-state index in [1.807, 2.05) is 11.9 Å². The number of carbonyl (C=O) groups is 2. The van der Waals surface area contributed by atoms with E-state index < -0.39 is 5.97 Å². The molecule has 2 rings (SSSR count). The van der Waals surface area contributed by atoms with Gasteiger partial charge in [-0.15, -0.1) is 0 Å². The van der Waals surface area contributed by atoms with Crippen LogP contribution in [0, 0.1) is 11.8 Å². The molecule has 2 aliphatic rings. The second-order valence-corrected chi connectivity index (χ2v) is 6.18. The largest absolute Gasteiger partial charge is 0.481 e. The van der Waals surface area contributed by atoms with Gasteiger partial charge in [-0.2, -0.15) is 0 Å². The van der Waals surface area contributed by atoms with Crippen molar-refractivity contribution in [2.24, 2.45) is 11.8 Å². The van der Waals surface area contributed by atoms with Gasteiger partial charge in [0.15, 0.2) is 0 Å². The maximum absolute atomic E-state index is 12.1. The highest BCUT2D eigenvalue weighted by atomic mass is 16.4. The van der Waals surface area contributed by atoms with Crippen LogP contribution >= 0.6 is 0 Å². The maximum Gasteiger partial charge on any atom is 0.306 e. The molecular formula is C15H25NO3. The average Bonchev–Trinajstić information content (AvgIpc) is 2.36. The summed E-state index contributed by atoms with van der Waals surface area (Å²) >= 11 is 0. The second kappa shape index (κ2) is 6.40. The van der Waals surface area contributed by atoms with E-state index in [9.17, 15) is 9.59 Å². The van der Waals surface area contributed by atoms with Crippen LogP contribution in [0.3, 0.4) is 0 Å². The van der Waals surface area contributed by atoms with Crippen molar-refractivity contribution in [3.8, 4) is 0 Å². The molecule has 0 aliphatic heterocycles. The SMILES string of the molecule is CN(C(=O)CCC1CCC1)C1CCC(C(=O)O)CC1. The van der Waals surface area contributed by atoms with Gasteiger partial charge in [0.2, 0.25) is 5.91 Å². The lowest BCUT2D eigenvalue weighted by molar-refractivity contribution is -0.143. The number of carbonyl (C=O) groups excluding carboxylic acids is 1. The molecule has 0 aromatic heterocycles. The molecular weight excluding hydrogens is 242 g/mol. The highest BCUT2D eigenvalue weighted by molar-refractivity contribution is 5.76. The molecule has 0 unspecified atom stereocenters. The molecule has 2 fully saturated rings. The molecule has 0 spiro atoms. The Balaban J connectivity index is 1.71. The summed E-state index contributed by atoms with van der Waals surface area (Å²) in [6, 6.07) is 0.254. The number of carboxylic acid groups (broad SMARTS) is 1. The summed E-state index contributed by atoms with van der Waals surface area (Å²) in [7, 11) is 1.88. The van der Waals surface area contributed by atoms with Gasteiger partial charge < -0.3 is 10.0 Å². The molecule has 19 heavy (non-hydrogen) atoms. The number of rotatable bonds is 5. The summed E-state index contributed by atoms with van der Waals surface area (Å²) < 4.78 is 0. The summed E-state index contributed by atoms with van der Waals surface area (Å²) in [4.78, 5) is 24.9. The molecule has 0 radical (unpaired) electrons. The molecule has 108 valence electrons. The van der Waals surface area contributed by atoms with E-state index in [-0.39, 0.29) is 17.9 Å². The molecule has 0 heterocycles. The standard InChI is InChI=1S/C15H25NO3/c1-16(14(17)10-5-11-3-2-4-11)13-8-6-12(7-9-13)15(18)19/h11-13H,2-10H2,1H3,(H,18,19). The van der Waals surface area contributed by atoms with Gasteiger partial charge in [-0.05, 0) is 38.0 Å². The van der Waals surface area contributed by atoms with Crippen molar-refractivity contribution in [1.82, 2.24) is 4.90 Å². The first-order chi connectivity index (χ1) is 9.08. The van der Waals surface area contributed by atoms with Crippen LogP contribution in [0.15, 0.2) is 0 Å². The predicted octanol–water partition coefficient (Wildman–Crippen LogP) is 2.67. The normalized spacial score (nSPS) is 27.6. The molecule has 0 aromatic rings. The number of amides is 1. The minimum absolute atomic E-state index is 0.199. The highest BCUT2D eigenvalue weighted by Gasteiger charge is 2.30. The van der Waals surface area contributed by atoms with Crippen LogP contribution in [0.1, 0.15) is 57.8 Å². The van der Waals surface area contributed by atoms with Crippen molar-refractivity contribution in [3.63, 3.8) is 0 Å². The first kappa shape index (κ1) is 14.4. The Bertz CT molecular complexity index is 330. The van der Waals surface area contributed by atoms with Crippen molar-refractivity contribution >= 4 is 11.9 Å². The van der Waals surface area contributed by atoms with Gasteiger partial charge in [0.25, 0.3) is 0 Å². The smallest absolute Gasteiger partial charge is 0.306 e. The Morgan fingerprint density at radius 2 is 1.74 bits per heavy atom. The molecule has 0 bridgehead atoms. The van der Waals surface area contributed by atoms with Crippen LogP contribution < -0.4 is 0 Å². The van der Waals surface area contributed by atoms with Crippen LogP contribution in [0.4, 0.5) is 0 Å². The summed E-state index contributed by atoms with van der Waals surface area (Å²) in [5.74, 6) is 0.137. The number of carboxylic acids is 1. The lowest BCUT2D eigenvalue weighted by Gasteiger charge is -2.34. The van der Waals surface area contributed by atoms with Gasteiger partial charge in [-0.1, -0.05) is 19.3 Å². The zero-order chi connectivity index (χ0) is 13.8. The molecule has 0 aromatic carbocycles. The predicted molar refractivity (Wildman–Crippen MR) is 72.7 cm³/mol. The van der Waals surface area contributed by atoms with E-state index in [1.165, 1.54) is 19.3 Å². The minimum atomic E-state index is -0.683. The van der Waals surface area contributed by atoms with Gasteiger partial charge in [0.05, 0.1) is 5.92 Å². The van der Waals surface area contributed by atoms with Crippen molar-refractivity contribution in [1.29, 1.82) is 0 Å². The summed E-state index contributed by atoms with van der Waals surface area (Å²) in [6.07, 6.45) is 8.70. The fraction of sp³-hybridized carbons (Fsp3) is 0.867. The maximum atomic E-state index is 12.1. The van der Waals surface area contributed by atoms with E-state index in [0.29, 0.717) is 19.3 Å². The zero-order valence-corrected chi connectivity index (χ0v) is 11.8. The summed E-state index contributed by atoms with van der Waals surface area (Å²) in [6.45, 7) is 0. The first-order valence-electron chi connectivity index (χ1n) is 7.56. The lowest BCUT2D eigenvalue weighted by atomic mass is 9.82. The third-order valence-electron chi connectivity index (χ3n) is 4.98. The van der Waals surface area contributed by atoms with E-state index >= 15 is 0 Å². The van der Waals surface area contributed by atoms with E-state index in [2.05, 4.69) is 0 Å². The fourth-order valence-electron chi connectivity index (χ4n) is 3.20. The lowest BCUT2D eigenvalue weighted by Crippen LogP contribution is -2.40. The molecule has 2 saturated carbocycles. The number of aliphatic carboxylic acids is 1. The Morgan fingerprint density at radius 3 is 2.21 bits per heavy atom. The number of hydrogen-bond acceptors (Lipinski definition) is 2. The van der Waals surface area contributed by atoms with Crippen LogP contribution in [-0.2, 0) is 9.59 Å². The van der Waals surface area contributed by atoms with Crippen molar-refractivity contribution < 1.29 is 14.7 Å². The molecule has 1 N–H and O–H groups in total. The quantitative estimate of drug-likeness (QED) is 0.833. The van der Waals surface area contributed by atoms with Crippen LogP contribution in [0.2, 0.25) is 0 Å². The third-order valence-corrected chi connectivity index (χ3v) is 4.98. The average molecular weight is 267 g/mol. The summed E-state index contributed by atoms with van der Waals surface area (Å²) in [5, 5.41) is 8.97. The molecule has 1 amide bonds. The number of hydrogen-bond donors (Lipinski definition) is 1. The van der Waals surface area contributed by atoms with Crippen LogP contribution in [-0.4, -0.2) is 35.0 Å². The Hall–Kier alpha value is -1.06. The monoisotopic (exact) mass is 267 g/mol. The molecule has 4 heteroatoms. The minimum Gasteiger partial charge on any atom is -0.481 e. The Labute approximate surface area is 115 Å². The molecule has 2 aliphatic carbocycles. The third kappa shape index (κ3) is 3.71. The van der Waals surface area contributed by atoms with Gasteiger partial charge in [0, 0.05) is 19.5 Å². The van der Waals surface area contributed by atoms with Gasteiger partial charge in [-0.3, -0.25) is 9.59 Å². The van der Waals surface area contributed by atoms with Crippen molar-refractivity contribution in [2.75, 3.05) is 7.05 Å². The molecule has 0 saturated heterocycles. The topological polar surface area (TPSA) is 57.6 Å². The van der Waals surface area contributed by atoms with E-state index in [0.717, 1.165) is 25.2 Å². The molecule has 0 atom stereocenters. The molecule has 4 nitrogen and oxygen atoms in total. The van der Waals surface area contributed by atoms with Crippen LogP contribution in [0.25, 0.3) is 0 Å². The highest BCUT2D eigenvalue weighted by Crippen LogP contribution is 2.31. The Morgan fingerprint density at radius 1 is 1.11 bits per heavy atom. The first-order valence-corrected chi connectivity index (χ1v) is 7.56. The second-order valence-electron chi connectivity index (χ2n) is 6.18. The fourth-order valence-corrected chi connectivity index (χ4v) is 3.20. The van der Waals surface area contributed by atoms with Crippen molar-refractivity contribution in [3.05, 3.63) is 0 Å². The summed E-state index contributed by atoms with van der Waals surface area (Å²) in [5.41, 5.74) is 0. The van der Waals surface area contributed by atoms with Crippen LogP contribution in [0.5, 0.6) is 0 Å². The van der Waals surface area contributed by atoms with Gasteiger partial charge in [0.1, 0.15) is 0 Å².